The van der Waals surface area contributed by atoms with Gasteiger partial charge in [-0.2, -0.15) is 0 Å². The van der Waals surface area contributed by atoms with Crippen molar-refractivity contribution in [1.29, 1.82) is 0 Å². The molecule has 0 amide bonds. The minimum Gasteiger partial charge on any atom is -0.144 e. The molecule has 0 N–H and O–H groups in total. The molecular formula is C9H16N2S. The van der Waals surface area contributed by atoms with Crippen LogP contribution < -0.4 is 0 Å². The molecule has 0 unspecified atom stereocenters. The predicted molar refractivity (Wildman–Crippen MR) is 52.5 cm³/mol. The normalized spacial score (nSPS) is 14.8. The van der Waals surface area contributed by atoms with E-state index < -0.39 is 0 Å². The molecule has 1 aromatic rings. The standard InChI is InChI=1S/C9H16N2S/c1-6(9(3,4)5)8-11-10-7(2)12-8/h6H,1-5H3/t6-/m1/s1. The quantitative estimate of drug-likeness (QED) is 0.670. The summed E-state index contributed by atoms with van der Waals surface area (Å²) in [6, 6.07) is 0. The number of aryl methyl sites for hydroxylation is 1. The molecule has 0 saturated heterocycles. The van der Waals surface area contributed by atoms with Gasteiger partial charge in [-0.05, 0) is 12.3 Å². The lowest BCUT2D eigenvalue weighted by molar-refractivity contribution is 0.337. The topological polar surface area (TPSA) is 25.8 Å². The van der Waals surface area contributed by atoms with Crippen LogP contribution in [0.25, 0.3) is 0 Å². The minimum absolute atomic E-state index is 0.284. The van der Waals surface area contributed by atoms with Crippen LogP contribution in [0.5, 0.6) is 0 Å². The summed E-state index contributed by atoms with van der Waals surface area (Å²) >= 11 is 1.70. The summed E-state index contributed by atoms with van der Waals surface area (Å²) in [5, 5.41) is 10.4. The van der Waals surface area contributed by atoms with Gasteiger partial charge < -0.3 is 0 Å². The van der Waals surface area contributed by atoms with Crippen molar-refractivity contribution in [3.63, 3.8) is 0 Å². The van der Waals surface area contributed by atoms with Crippen LogP contribution in [0.15, 0.2) is 0 Å². The van der Waals surface area contributed by atoms with Gasteiger partial charge in [0.1, 0.15) is 10.0 Å². The number of aromatic nitrogens is 2. The van der Waals surface area contributed by atoms with E-state index >= 15 is 0 Å². The van der Waals surface area contributed by atoms with E-state index in [0.29, 0.717) is 5.92 Å². The molecule has 1 atom stereocenters. The van der Waals surface area contributed by atoms with Gasteiger partial charge in [-0.1, -0.05) is 27.7 Å². The number of hydrogen-bond acceptors (Lipinski definition) is 3. The smallest absolute Gasteiger partial charge is 0.120 e. The molecule has 1 heterocycles. The lowest BCUT2D eigenvalue weighted by Crippen LogP contribution is -2.14. The zero-order valence-corrected chi connectivity index (χ0v) is 9.20. The molecule has 1 aromatic heterocycles. The monoisotopic (exact) mass is 184 g/mol. The Bertz CT molecular complexity index is 260. The number of nitrogens with zero attached hydrogens (tertiary/aromatic N) is 2. The second kappa shape index (κ2) is 3.13. The van der Waals surface area contributed by atoms with Crippen LogP contribution in [0.3, 0.4) is 0 Å². The van der Waals surface area contributed by atoms with E-state index in [9.17, 15) is 0 Å². The molecule has 0 saturated carbocycles. The van der Waals surface area contributed by atoms with Crippen molar-refractivity contribution in [3.8, 4) is 0 Å². The summed E-state index contributed by atoms with van der Waals surface area (Å²) in [7, 11) is 0. The van der Waals surface area contributed by atoms with E-state index in [1.807, 2.05) is 6.92 Å². The van der Waals surface area contributed by atoms with Crippen molar-refractivity contribution in [1.82, 2.24) is 10.2 Å². The van der Waals surface area contributed by atoms with Crippen molar-refractivity contribution in [3.05, 3.63) is 10.0 Å². The maximum Gasteiger partial charge on any atom is 0.120 e. The van der Waals surface area contributed by atoms with Gasteiger partial charge in [-0.15, -0.1) is 21.5 Å². The van der Waals surface area contributed by atoms with Crippen molar-refractivity contribution < 1.29 is 0 Å². The second-order valence-electron chi connectivity index (χ2n) is 4.25. The Hall–Kier alpha value is -0.440. The maximum atomic E-state index is 4.15. The van der Waals surface area contributed by atoms with Gasteiger partial charge in [-0.25, -0.2) is 0 Å². The van der Waals surface area contributed by atoms with E-state index in [0.717, 1.165) is 10.0 Å². The Balaban J connectivity index is 2.85. The van der Waals surface area contributed by atoms with E-state index in [-0.39, 0.29) is 5.41 Å². The summed E-state index contributed by atoms with van der Waals surface area (Å²) in [4.78, 5) is 0. The fourth-order valence-corrected chi connectivity index (χ4v) is 1.85. The molecule has 0 radical (unpaired) electrons. The van der Waals surface area contributed by atoms with E-state index in [1.54, 1.807) is 11.3 Å². The van der Waals surface area contributed by atoms with Crippen molar-refractivity contribution >= 4 is 11.3 Å². The third-order valence-corrected chi connectivity index (χ3v) is 3.23. The summed E-state index contributed by atoms with van der Waals surface area (Å²) in [6.07, 6.45) is 0. The minimum atomic E-state index is 0.284. The Kier molecular flexibility index (Phi) is 2.52. The van der Waals surface area contributed by atoms with Crippen LogP contribution in [-0.4, -0.2) is 10.2 Å². The summed E-state index contributed by atoms with van der Waals surface area (Å²) in [5.74, 6) is 0.490. The molecule has 12 heavy (non-hydrogen) atoms. The molecule has 0 aliphatic rings. The first-order chi connectivity index (χ1) is 5.41. The third kappa shape index (κ3) is 2.03. The highest BCUT2D eigenvalue weighted by Gasteiger charge is 2.24. The summed E-state index contributed by atoms with van der Waals surface area (Å²) in [6.45, 7) is 10.9. The largest absolute Gasteiger partial charge is 0.144 e. The highest BCUT2D eigenvalue weighted by atomic mass is 32.1. The molecular weight excluding hydrogens is 168 g/mol. The van der Waals surface area contributed by atoms with Gasteiger partial charge >= 0.3 is 0 Å². The molecule has 0 aliphatic heterocycles. The summed E-state index contributed by atoms with van der Waals surface area (Å²) in [5.41, 5.74) is 0.284. The van der Waals surface area contributed by atoms with Gasteiger partial charge in [0.25, 0.3) is 0 Å². The lowest BCUT2D eigenvalue weighted by atomic mass is 9.83. The average molecular weight is 184 g/mol. The van der Waals surface area contributed by atoms with E-state index in [1.165, 1.54) is 0 Å². The molecule has 68 valence electrons. The van der Waals surface area contributed by atoms with Crippen LogP contribution in [0.2, 0.25) is 0 Å². The lowest BCUT2D eigenvalue weighted by Gasteiger charge is -2.24. The van der Waals surface area contributed by atoms with Crippen molar-refractivity contribution in [2.75, 3.05) is 0 Å². The van der Waals surface area contributed by atoms with E-state index in [4.69, 9.17) is 0 Å². The molecule has 0 spiro atoms. The van der Waals surface area contributed by atoms with Gasteiger partial charge in [-0.3, -0.25) is 0 Å². The molecule has 2 nitrogen and oxygen atoms in total. The Morgan fingerprint density at radius 3 is 2.17 bits per heavy atom. The molecule has 0 aliphatic carbocycles. The van der Waals surface area contributed by atoms with Gasteiger partial charge in [0.05, 0.1) is 0 Å². The Morgan fingerprint density at radius 2 is 1.83 bits per heavy atom. The van der Waals surface area contributed by atoms with Crippen molar-refractivity contribution in [2.24, 2.45) is 5.41 Å². The molecule has 1 rings (SSSR count). The molecule has 0 aromatic carbocycles. The highest BCUT2D eigenvalue weighted by molar-refractivity contribution is 7.11. The van der Waals surface area contributed by atoms with Crippen LogP contribution in [0, 0.1) is 12.3 Å². The van der Waals surface area contributed by atoms with Gasteiger partial charge in [0.15, 0.2) is 0 Å². The van der Waals surface area contributed by atoms with E-state index in [2.05, 4.69) is 37.9 Å². The molecule has 3 heteroatoms. The summed E-state index contributed by atoms with van der Waals surface area (Å²) < 4.78 is 0. The fraction of sp³-hybridized carbons (Fsp3) is 0.778. The number of rotatable bonds is 1. The fourth-order valence-electron chi connectivity index (χ4n) is 0.857. The van der Waals surface area contributed by atoms with Crippen LogP contribution >= 0.6 is 11.3 Å². The van der Waals surface area contributed by atoms with Gasteiger partial charge in [0, 0.05) is 5.92 Å². The second-order valence-corrected chi connectivity index (χ2v) is 5.46. The Labute approximate surface area is 78.0 Å². The predicted octanol–water partition coefficient (Wildman–Crippen LogP) is 3.00. The average Bonchev–Trinajstić information content (AvgIpc) is 2.32. The Morgan fingerprint density at radius 1 is 1.25 bits per heavy atom. The van der Waals surface area contributed by atoms with Crippen LogP contribution in [0.1, 0.15) is 43.6 Å². The van der Waals surface area contributed by atoms with Gasteiger partial charge in [0.2, 0.25) is 0 Å². The van der Waals surface area contributed by atoms with Crippen LogP contribution in [-0.2, 0) is 0 Å². The number of hydrogen-bond donors (Lipinski definition) is 0. The van der Waals surface area contributed by atoms with Crippen LogP contribution in [0.4, 0.5) is 0 Å². The first-order valence-corrected chi connectivity index (χ1v) is 5.03. The molecule has 0 bridgehead atoms. The highest BCUT2D eigenvalue weighted by Crippen LogP contribution is 2.35. The third-order valence-electron chi connectivity index (χ3n) is 2.21. The first kappa shape index (κ1) is 9.65. The molecule has 0 fully saturated rings. The zero-order chi connectivity index (χ0) is 9.35. The first-order valence-electron chi connectivity index (χ1n) is 4.21. The SMILES string of the molecule is Cc1nnc([C@@H](C)C(C)(C)C)s1. The zero-order valence-electron chi connectivity index (χ0n) is 8.38. The maximum absolute atomic E-state index is 4.15. The van der Waals surface area contributed by atoms with Crippen molar-refractivity contribution in [2.45, 2.75) is 40.5 Å².